The van der Waals surface area contributed by atoms with Gasteiger partial charge in [0.2, 0.25) is 0 Å². The molecule has 0 spiro atoms. The van der Waals surface area contributed by atoms with E-state index in [1.165, 1.54) is 12.1 Å². The summed E-state index contributed by atoms with van der Waals surface area (Å²) in [4.78, 5) is 29.0. The van der Waals surface area contributed by atoms with Crippen LogP contribution < -0.4 is 15.4 Å². The second-order valence-corrected chi connectivity index (χ2v) is 9.71. The van der Waals surface area contributed by atoms with E-state index >= 15 is 0 Å². The first kappa shape index (κ1) is 25.8. The van der Waals surface area contributed by atoms with Crippen LogP contribution in [0.25, 0.3) is 11.3 Å². The largest absolute Gasteiger partial charge is 0.497 e. The molecule has 1 aliphatic heterocycles. The minimum Gasteiger partial charge on any atom is -0.497 e. The number of non-ortho nitro benzene ring substituents is 1. The Morgan fingerprint density at radius 1 is 1.00 bits per heavy atom. The van der Waals surface area contributed by atoms with Gasteiger partial charge in [-0.15, -0.1) is 0 Å². The van der Waals surface area contributed by atoms with Gasteiger partial charge in [0, 0.05) is 28.9 Å². The molecule has 1 aromatic heterocycles. The quantitative estimate of drug-likeness (QED) is 0.193. The molecule has 2 heterocycles. The van der Waals surface area contributed by atoms with Crippen molar-refractivity contribution in [2.24, 2.45) is 0 Å². The molecule has 1 amide bonds. The zero-order valence-corrected chi connectivity index (χ0v) is 22.3. The Morgan fingerprint density at radius 3 is 2.41 bits per heavy atom. The van der Waals surface area contributed by atoms with E-state index in [2.05, 4.69) is 21.3 Å². The van der Waals surface area contributed by atoms with Crippen molar-refractivity contribution in [2.75, 3.05) is 12.4 Å². The molecule has 0 aliphatic carbocycles. The van der Waals surface area contributed by atoms with Crippen LogP contribution in [0.3, 0.4) is 0 Å². The molecule has 9 heteroatoms. The maximum atomic E-state index is 12.9. The Kier molecular flexibility index (Phi) is 6.91. The monoisotopic (exact) mass is 545 g/mol. The molecular formula is C32H27N5O4. The molecule has 9 nitrogen and oxygen atoms in total. The smallest absolute Gasteiger partial charge is 0.269 e. The highest BCUT2D eigenvalue weighted by molar-refractivity contribution is 5.94. The van der Waals surface area contributed by atoms with E-state index in [9.17, 15) is 14.9 Å². The summed E-state index contributed by atoms with van der Waals surface area (Å²) in [6.45, 7) is 0.744. The van der Waals surface area contributed by atoms with Crippen LogP contribution in [0, 0.1) is 10.1 Å². The number of benzene rings is 4. The Bertz CT molecular complexity index is 1710. The van der Waals surface area contributed by atoms with Crippen LogP contribution in [-0.4, -0.2) is 27.5 Å². The number of aromatic nitrogens is 2. The van der Waals surface area contributed by atoms with Gasteiger partial charge in [0.05, 0.1) is 42.6 Å². The number of carbonyl (C=O) groups is 1. The van der Waals surface area contributed by atoms with E-state index in [0.717, 1.165) is 39.5 Å². The number of para-hydroxylation sites is 1. The number of hydrogen-bond acceptors (Lipinski definition) is 6. The van der Waals surface area contributed by atoms with Crippen molar-refractivity contribution in [3.8, 4) is 17.0 Å². The van der Waals surface area contributed by atoms with Gasteiger partial charge in [0.15, 0.2) is 0 Å². The van der Waals surface area contributed by atoms with Crippen molar-refractivity contribution < 1.29 is 14.5 Å². The van der Waals surface area contributed by atoms with Crippen molar-refractivity contribution in [1.29, 1.82) is 0 Å². The number of amides is 1. The molecule has 6 rings (SSSR count). The topological polar surface area (TPSA) is 111 Å². The summed E-state index contributed by atoms with van der Waals surface area (Å²) in [5.74, 6) is 1.24. The second-order valence-electron chi connectivity index (χ2n) is 9.71. The molecule has 0 saturated heterocycles. The first-order chi connectivity index (χ1) is 20.0. The van der Waals surface area contributed by atoms with Crippen LogP contribution in [0.2, 0.25) is 0 Å². The highest BCUT2D eigenvalue weighted by atomic mass is 16.6. The predicted octanol–water partition coefficient (Wildman–Crippen LogP) is 5.96. The second kappa shape index (κ2) is 11.0. The van der Waals surface area contributed by atoms with Crippen LogP contribution in [0.15, 0.2) is 103 Å². The van der Waals surface area contributed by atoms with Crippen molar-refractivity contribution in [3.05, 3.63) is 141 Å². The number of nitro benzene ring substituents is 1. The van der Waals surface area contributed by atoms with E-state index in [-0.39, 0.29) is 24.2 Å². The fourth-order valence-corrected chi connectivity index (χ4v) is 5.15. The average Bonchev–Trinajstić information content (AvgIpc) is 3.27. The van der Waals surface area contributed by atoms with Gasteiger partial charge in [0.25, 0.3) is 11.6 Å². The molecule has 2 N–H and O–H groups in total. The number of hydrogen-bond donors (Lipinski definition) is 2. The van der Waals surface area contributed by atoms with Crippen molar-refractivity contribution in [2.45, 2.75) is 19.1 Å². The van der Waals surface area contributed by atoms with Crippen molar-refractivity contribution in [3.63, 3.8) is 0 Å². The molecule has 1 aliphatic rings. The van der Waals surface area contributed by atoms with Gasteiger partial charge in [-0.05, 0) is 65.7 Å². The van der Waals surface area contributed by atoms with Gasteiger partial charge in [-0.3, -0.25) is 14.9 Å². The first-order valence-electron chi connectivity index (χ1n) is 13.2. The number of imidazole rings is 1. The third-order valence-corrected chi connectivity index (χ3v) is 7.25. The van der Waals surface area contributed by atoms with E-state index < -0.39 is 4.92 Å². The normalized spacial score (nSPS) is 13.7. The highest BCUT2D eigenvalue weighted by Gasteiger charge is 2.30. The SMILES string of the molecule is COc1ccc(-c2nc(CNC(=O)c3ccccc3)n3c2C(c2ccc([N+](=O)[O-])cc2)Nc2ccccc2C3)cc1. The minimum absolute atomic E-state index is 0.0240. The summed E-state index contributed by atoms with van der Waals surface area (Å²) < 4.78 is 7.51. The number of nitrogens with one attached hydrogen (secondary N) is 2. The highest BCUT2D eigenvalue weighted by Crippen LogP contribution is 2.39. The predicted molar refractivity (Wildman–Crippen MR) is 156 cm³/mol. The molecule has 0 radical (unpaired) electrons. The number of ether oxygens (including phenoxy) is 1. The summed E-state index contributed by atoms with van der Waals surface area (Å²) in [5, 5.41) is 18.1. The fourth-order valence-electron chi connectivity index (χ4n) is 5.15. The zero-order chi connectivity index (χ0) is 28.3. The molecule has 1 unspecified atom stereocenters. The van der Waals surface area contributed by atoms with Crippen molar-refractivity contribution >= 4 is 17.3 Å². The van der Waals surface area contributed by atoms with E-state index in [0.29, 0.717) is 17.9 Å². The first-order valence-corrected chi connectivity index (χ1v) is 13.2. The molecule has 41 heavy (non-hydrogen) atoms. The lowest BCUT2D eigenvalue weighted by Crippen LogP contribution is -2.25. The van der Waals surface area contributed by atoms with Crippen LogP contribution in [-0.2, 0) is 13.1 Å². The molecule has 0 fully saturated rings. The molecule has 5 aromatic rings. The Hall–Kier alpha value is -5.44. The van der Waals surface area contributed by atoms with Crippen LogP contribution in [0.1, 0.15) is 39.0 Å². The van der Waals surface area contributed by atoms with Gasteiger partial charge in [0.1, 0.15) is 11.6 Å². The summed E-state index contributed by atoms with van der Waals surface area (Å²) in [6.07, 6.45) is 0. The number of rotatable bonds is 7. The van der Waals surface area contributed by atoms with Crippen molar-refractivity contribution in [1.82, 2.24) is 14.9 Å². The number of nitro groups is 1. The lowest BCUT2D eigenvalue weighted by atomic mass is 9.98. The number of fused-ring (bicyclic) bond motifs is 2. The van der Waals surface area contributed by atoms with Gasteiger partial charge in [-0.25, -0.2) is 4.98 Å². The Balaban J connectivity index is 1.49. The van der Waals surface area contributed by atoms with Crippen LogP contribution >= 0.6 is 0 Å². The van der Waals surface area contributed by atoms with Gasteiger partial charge < -0.3 is 19.9 Å². The molecule has 4 aromatic carbocycles. The van der Waals surface area contributed by atoms with E-state index in [1.54, 1.807) is 31.4 Å². The summed E-state index contributed by atoms with van der Waals surface area (Å²) in [7, 11) is 1.62. The third-order valence-electron chi connectivity index (χ3n) is 7.25. The molecule has 204 valence electrons. The number of methoxy groups -OCH3 is 1. The summed E-state index contributed by atoms with van der Waals surface area (Å²) in [5.41, 5.74) is 5.99. The van der Waals surface area contributed by atoms with E-state index in [4.69, 9.17) is 9.72 Å². The number of carbonyl (C=O) groups excluding carboxylic acids is 1. The molecule has 1 atom stereocenters. The van der Waals surface area contributed by atoms with Gasteiger partial charge in [-0.2, -0.15) is 0 Å². The average molecular weight is 546 g/mol. The Morgan fingerprint density at radius 2 is 1.71 bits per heavy atom. The zero-order valence-electron chi connectivity index (χ0n) is 22.3. The standard InChI is InChI=1S/C32H27N5O4/c1-41-26-17-13-22(14-18-26)30-31-29(21-11-15-25(16-12-21)37(39)40)34-27-10-6-5-9-24(27)20-36(31)28(35-30)19-33-32(38)23-7-3-2-4-8-23/h2-18,29,34H,19-20H2,1H3,(H,33,38). The third kappa shape index (κ3) is 5.12. The number of nitrogens with zero attached hydrogens (tertiary/aromatic N) is 3. The minimum atomic E-state index is -0.403. The maximum absolute atomic E-state index is 12.9. The summed E-state index contributed by atoms with van der Waals surface area (Å²) >= 11 is 0. The van der Waals surface area contributed by atoms with E-state index in [1.807, 2.05) is 60.7 Å². The molecular weight excluding hydrogens is 518 g/mol. The van der Waals surface area contributed by atoms with Crippen LogP contribution in [0.5, 0.6) is 5.75 Å². The van der Waals surface area contributed by atoms with Gasteiger partial charge in [-0.1, -0.05) is 36.4 Å². The maximum Gasteiger partial charge on any atom is 0.269 e. The van der Waals surface area contributed by atoms with Crippen LogP contribution in [0.4, 0.5) is 11.4 Å². The Labute approximate surface area is 236 Å². The molecule has 0 bridgehead atoms. The fraction of sp³-hybridized carbons (Fsp3) is 0.125. The van der Waals surface area contributed by atoms with Gasteiger partial charge >= 0.3 is 0 Å². The molecule has 0 saturated carbocycles. The summed E-state index contributed by atoms with van der Waals surface area (Å²) in [6, 6.07) is 31.0. The lowest BCUT2D eigenvalue weighted by molar-refractivity contribution is -0.384. The number of anilines is 1. The lowest BCUT2D eigenvalue weighted by Gasteiger charge is -2.21.